The maximum atomic E-state index is 11.7. The first-order valence-corrected chi connectivity index (χ1v) is 7.86. The molecule has 1 saturated heterocycles. The van der Waals surface area contributed by atoms with Crippen molar-refractivity contribution in [2.45, 2.75) is 44.2 Å². The standard InChI is InChI=1S/C16H20ClNO3/c1-2-16(15(19)20)6-3-7-18(16)10-13-9-11-8-12(17)4-5-14(11)21-13/h4-5,8,13H,2-3,6-7,9-10H2,1H3,(H,19,20). The predicted octanol–water partition coefficient (Wildman–Crippen LogP) is 2.97. The van der Waals surface area contributed by atoms with Crippen molar-refractivity contribution in [1.29, 1.82) is 0 Å². The summed E-state index contributed by atoms with van der Waals surface area (Å²) >= 11 is 6.01. The first-order valence-electron chi connectivity index (χ1n) is 7.48. The van der Waals surface area contributed by atoms with Crippen molar-refractivity contribution in [3.63, 3.8) is 0 Å². The molecule has 0 aliphatic carbocycles. The molecule has 2 atom stereocenters. The van der Waals surface area contributed by atoms with E-state index < -0.39 is 11.5 Å². The Labute approximate surface area is 129 Å². The van der Waals surface area contributed by atoms with Gasteiger partial charge in [-0.25, -0.2) is 0 Å². The van der Waals surface area contributed by atoms with Gasteiger partial charge in [0.05, 0.1) is 0 Å². The minimum atomic E-state index is -0.713. The number of halogens is 1. The molecular formula is C16H20ClNO3. The molecule has 5 heteroatoms. The molecule has 0 saturated carbocycles. The van der Waals surface area contributed by atoms with Gasteiger partial charge in [-0.05, 0) is 49.6 Å². The molecule has 1 fully saturated rings. The zero-order valence-electron chi connectivity index (χ0n) is 12.1. The smallest absolute Gasteiger partial charge is 0.324 e. The Morgan fingerprint density at radius 3 is 3.10 bits per heavy atom. The Kier molecular flexibility index (Phi) is 3.84. The molecule has 0 bridgehead atoms. The number of nitrogens with zero attached hydrogens (tertiary/aromatic N) is 1. The Hall–Kier alpha value is -1.26. The molecule has 2 unspecified atom stereocenters. The first kappa shape index (κ1) is 14.7. The molecule has 4 nitrogen and oxygen atoms in total. The number of hydrogen-bond donors (Lipinski definition) is 1. The first-order chi connectivity index (χ1) is 10.0. The van der Waals surface area contributed by atoms with Crippen molar-refractivity contribution in [2.24, 2.45) is 0 Å². The average molecular weight is 310 g/mol. The minimum absolute atomic E-state index is 0.0156. The molecule has 0 radical (unpaired) electrons. The van der Waals surface area contributed by atoms with Crippen LogP contribution in [0.25, 0.3) is 0 Å². The highest BCUT2D eigenvalue weighted by Crippen LogP contribution is 2.36. The van der Waals surface area contributed by atoms with E-state index in [1.54, 1.807) is 0 Å². The van der Waals surface area contributed by atoms with E-state index in [1.165, 1.54) is 0 Å². The maximum absolute atomic E-state index is 11.7. The van der Waals surface area contributed by atoms with E-state index in [4.69, 9.17) is 16.3 Å². The van der Waals surface area contributed by atoms with Gasteiger partial charge in [-0.3, -0.25) is 9.69 Å². The number of likely N-dealkylation sites (tertiary alicyclic amines) is 1. The van der Waals surface area contributed by atoms with Gasteiger partial charge >= 0.3 is 5.97 Å². The van der Waals surface area contributed by atoms with Gasteiger partial charge in [-0.1, -0.05) is 18.5 Å². The predicted molar refractivity (Wildman–Crippen MR) is 81.0 cm³/mol. The van der Waals surface area contributed by atoms with Crippen molar-refractivity contribution in [3.8, 4) is 5.75 Å². The number of ether oxygens (including phenoxy) is 1. The van der Waals surface area contributed by atoms with Gasteiger partial charge in [0, 0.05) is 18.0 Å². The van der Waals surface area contributed by atoms with Crippen LogP contribution >= 0.6 is 11.6 Å². The Bertz CT molecular complexity index is 562. The number of carboxylic acids is 1. The van der Waals surface area contributed by atoms with Gasteiger partial charge in [0.15, 0.2) is 0 Å². The molecule has 2 aliphatic heterocycles. The summed E-state index contributed by atoms with van der Waals surface area (Å²) in [4.78, 5) is 13.8. The quantitative estimate of drug-likeness (QED) is 0.929. The summed E-state index contributed by atoms with van der Waals surface area (Å²) in [5.41, 5.74) is 0.402. The zero-order chi connectivity index (χ0) is 15.0. The summed E-state index contributed by atoms with van der Waals surface area (Å²) in [6, 6.07) is 5.66. The third kappa shape index (κ3) is 2.51. The lowest BCUT2D eigenvalue weighted by Gasteiger charge is -2.35. The highest BCUT2D eigenvalue weighted by molar-refractivity contribution is 6.30. The summed E-state index contributed by atoms with van der Waals surface area (Å²) in [5, 5.41) is 10.3. The molecule has 21 heavy (non-hydrogen) atoms. The van der Waals surface area contributed by atoms with E-state index in [0.717, 1.165) is 37.1 Å². The van der Waals surface area contributed by atoms with Crippen LogP contribution < -0.4 is 4.74 Å². The lowest BCUT2D eigenvalue weighted by Crippen LogP contribution is -2.52. The largest absolute Gasteiger partial charge is 0.488 e. The fourth-order valence-electron chi connectivity index (χ4n) is 3.63. The molecule has 1 aromatic carbocycles. The summed E-state index contributed by atoms with van der Waals surface area (Å²) in [7, 11) is 0. The number of aliphatic carboxylic acids is 1. The Balaban J connectivity index is 1.72. The highest BCUT2D eigenvalue weighted by atomic mass is 35.5. The van der Waals surface area contributed by atoms with Crippen LogP contribution in [0.15, 0.2) is 18.2 Å². The molecule has 114 valence electrons. The summed E-state index contributed by atoms with van der Waals surface area (Å²) in [5.74, 6) is 0.169. The summed E-state index contributed by atoms with van der Waals surface area (Å²) < 4.78 is 5.95. The number of rotatable bonds is 4. The SMILES string of the molecule is CCC1(C(=O)O)CCCN1CC1Cc2cc(Cl)ccc2O1. The fraction of sp³-hybridized carbons (Fsp3) is 0.562. The molecular weight excluding hydrogens is 290 g/mol. The highest BCUT2D eigenvalue weighted by Gasteiger charge is 2.47. The zero-order valence-corrected chi connectivity index (χ0v) is 12.9. The number of carbonyl (C=O) groups is 1. The molecule has 2 aliphatic rings. The maximum Gasteiger partial charge on any atom is 0.324 e. The van der Waals surface area contributed by atoms with Crippen LogP contribution in [0.5, 0.6) is 5.75 Å². The number of benzene rings is 1. The molecule has 0 spiro atoms. The van der Waals surface area contributed by atoms with Crippen LogP contribution in [-0.4, -0.2) is 40.7 Å². The van der Waals surface area contributed by atoms with Crippen molar-refractivity contribution >= 4 is 17.6 Å². The topological polar surface area (TPSA) is 49.8 Å². The fourth-order valence-corrected chi connectivity index (χ4v) is 3.83. The van der Waals surface area contributed by atoms with E-state index in [-0.39, 0.29) is 6.10 Å². The number of fused-ring (bicyclic) bond motifs is 1. The molecule has 1 N–H and O–H groups in total. The van der Waals surface area contributed by atoms with E-state index in [2.05, 4.69) is 4.90 Å². The van der Waals surface area contributed by atoms with Gasteiger partial charge in [0.25, 0.3) is 0 Å². The third-order valence-electron chi connectivity index (χ3n) is 4.79. The lowest BCUT2D eigenvalue weighted by atomic mass is 9.92. The second-order valence-corrected chi connectivity index (χ2v) is 6.37. The monoisotopic (exact) mass is 309 g/mol. The van der Waals surface area contributed by atoms with Crippen molar-refractivity contribution in [3.05, 3.63) is 28.8 Å². The molecule has 2 heterocycles. The van der Waals surface area contributed by atoms with Crippen LogP contribution in [0.2, 0.25) is 5.02 Å². The van der Waals surface area contributed by atoms with E-state index in [0.29, 0.717) is 18.0 Å². The van der Waals surface area contributed by atoms with Gasteiger partial charge in [0.1, 0.15) is 17.4 Å². The van der Waals surface area contributed by atoms with Gasteiger partial charge in [-0.2, -0.15) is 0 Å². The van der Waals surface area contributed by atoms with Crippen LogP contribution in [0.3, 0.4) is 0 Å². The molecule has 0 aromatic heterocycles. The molecule has 3 rings (SSSR count). The van der Waals surface area contributed by atoms with Crippen molar-refractivity contribution in [2.75, 3.05) is 13.1 Å². The van der Waals surface area contributed by atoms with E-state index in [9.17, 15) is 9.90 Å². The number of hydrogen-bond acceptors (Lipinski definition) is 3. The van der Waals surface area contributed by atoms with Gasteiger partial charge in [0.2, 0.25) is 0 Å². The third-order valence-corrected chi connectivity index (χ3v) is 5.03. The Morgan fingerprint density at radius 1 is 1.57 bits per heavy atom. The van der Waals surface area contributed by atoms with Crippen molar-refractivity contribution < 1.29 is 14.6 Å². The second kappa shape index (κ2) is 5.50. The van der Waals surface area contributed by atoms with Crippen LogP contribution in [-0.2, 0) is 11.2 Å². The second-order valence-electron chi connectivity index (χ2n) is 5.94. The normalized spacial score (nSPS) is 28.4. The Morgan fingerprint density at radius 2 is 2.38 bits per heavy atom. The molecule has 0 amide bonds. The summed E-state index contributed by atoms with van der Waals surface area (Å²) in [6.45, 7) is 3.44. The van der Waals surface area contributed by atoms with E-state index in [1.807, 2.05) is 25.1 Å². The van der Waals surface area contributed by atoms with Crippen LogP contribution in [0.4, 0.5) is 0 Å². The van der Waals surface area contributed by atoms with Crippen molar-refractivity contribution in [1.82, 2.24) is 4.90 Å². The summed E-state index contributed by atoms with van der Waals surface area (Å²) in [6.07, 6.45) is 3.11. The lowest BCUT2D eigenvalue weighted by molar-refractivity contribution is -0.150. The van der Waals surface area contributed by atoms with Crippen LogP contribution in [0.1, 0.15) is 31.7 Å². The molecule has 1 aromatic rings. The average Bonchev–Trinajstić information content (AvgIpc) is 3.02. The van der Waals surface area contributed by atoms with Gasteiger partial charge < -0.3 is 9.84 Å². The van der Waals surface area contributed by atoms with Crippen LogP contribution in [0, 0.1) is 0 Å². The number of carboxylic acid groups (broad SMARTS) is 1. The van der Waals surface area contributed by atoms with E-state index >= 15 is 0 Å². The minimum Gasteiger partial charge on any atom is -0.488 e. The van der Waals surface area contributed by atoms with Gasteiger partial charge in [-0.15, -0.1) is 0 Å².